The molecule has 2 rings (SSSR count). The van der Waals surface area contributed by atoms with Crippen LogP contribution >= 0.6 is 11.8 Å². The Balaban J connectivity index is 2.25. The summed E-state index contributed by atoms with van der Waals surface area (Å²) in [7, 11) is 0.382. The smallest absolute Gasteiger partial charge is 0.243 e. The van der Waals surface area contributed by atoms with Gasteiger partial charge >= 0.3 is 0 Å². The van der Waals surface area contributed by atoms with Gasteiger partial charge < -0.3 is 4.90 Å². The largest absolute Gasteiger partial charge is 0.304 e. The van der Waals surface area contributed by atoms with Crippen molar-refractivity contribution in [2.45, 2.75) is 16.2 Å². The molecular weight excluding hydrogens is 299 g/mol. The van der Waals surface area contributed by atoms with Crippen LogP contribution in [0, 0.1) is 5.82 Å². The van der Waals surface area contributed by atoms with Crippen molar-refractivity contribution in [2.24, 2.45) is 0 Å². The Morgan fingerprint density at radius 1 is 1.25 bits per heavy atom. The summed E-state index contributed by atoms with van der Waals surface area (Å²) in [6.07, 6.45) is 2.00. The van der Waals surface area contributed by atoms with Crippen LogP contribution in [0.25, 0.3) is 0 Å². The Morgan fingerprint density at radius 3 is 2.30 bits per heavy atom. The first kappa shape index (κ1) is 15.8. The second-order valence-corrected chi connectivity index (χ2v) is 8.10. The van der Waals surface area contributed by atoms with Crippen LogP contribution in [0.3, 0.4) is 0 Å². The molecule has 0 aliphatic carbocycles. The highest BCUT2D eigenvalue weighted by Crippen LogP contribution is 2.28. The molecule has 0 bridgehead atoms. The summed E-state index contributed by atoms with van der Waals surface area (Å²) < 4.78 is 39.5. The van der Waals surface area contributed by atoms with Crippen LogP contribution in [-0.4, -0.2) is 62.4 Å². The van der Waals surface area contributed by atoms with Crippen molar-refractivity contribution in [3.8, 4) is 0 Å². The van der Waals surface area contributed by atoms with Gasteiger partial charge in [-0.05, 0) is 44.6 Å². The summed E-state index contributed by atoms with van der Waals surface area (Å²) in [6, 6.07) is 5.20. The zero-order chi connectivity index (χ0) is 14.9. The van der Waals surface area contributed by atoms with Crippen LogP contribution in [0.1, 0.15) is 0 Å². The standard InChI is InChI=1S/C13H19FN2O2S2/c1-15(2)12-8-16(9-13(12)19-3)20(17,18)11-6-4-10(14)5-7-11/h4-7,12-13H,8-9H2,1-3H3/t12-,13-/m1/s1. The lowest BCUT2D eigenvalue weighted by Crippen LogP contribution is -2.37. The predicted molar refractivity (Wildman–Crippen MR) is 79.9 cm³/mol. The van der Waals surface area contributed by atoms with E-state index in [1.54, 1.807) is 11.8 Å². The third-order valence-electron chi connectivity index (χ3n) is 3.62. The summed E-state index contributed by atoms with van der Waals surface area (Å²) in [5, 5.41) is 0.250. The highest BCUT2D eigenvalue weighted by molar-refractivity contribution is 7.99. The van der Waals surface area contributed by atoms with Crippen molar-refractivity contribution in [1.29, 1.82) is 0 Å². The molecule has 1 aromatic rings. The van der Waals surface area contributed by atoms with Gasteiger partial charge in [-0.1, -0.05) is 0 Å². The topological polar surface area (TPSA) is 40.6 Å². The molecule has 0 amide bonds. The number of thioether (sulfide) groups is 1. The first-order valence-corrected chi connectivity index (χ1v) is 9.04. The summed E-state index contributed by atoms with van der Waals surface area (Å²) in [4.78, 5) is 2.21. The number of nitrogens with zero attached hydrogens (tertiary/aromatic N) is 2. The fourth-order valence-electron chi connectivity index (χ4n) is 2.40. The molecule has 0 aromatic heterocycles. The molecule has 0 saturated carbocycles. The van der Waals surface area contributed by atoms with Crippen molar-refractivity contribution in [1.82, 2.24) is 9.21 Å². The van der Waals surface area contributed by atoms with E-state index >= 15 is 0 Å². The maximum Gasteiger partial charge on any atom is 0.243 e. The Morgan fingerprint density at radius 2 is 1.85 bits per heavy atom. The van der Waals surface area contributed by atoms with Gasteiger partial charge in [0.05, 0.1) is 4.90 Å². The van der Waals surface area contributed by atoms with Crippen molar-refractivity contribution in [3.05, 3.63) is 30.1 Å². The Labute approximate surface area is 124 Å². The van der Waals surface area contributed by atoms with E-state index < -0.39 is 15.8 Å². The Bertz CT molecular complexity index is 560. The molecule has 1 aromatic carbocycles. The molecule has 4 nitrogen and oxygen atoms in total. The van der Waals surface area contributed by atoms with E-state index in [9.17, 15) is 12.8 Å². The molecule has 0 unspecified atom stereocenters. The van der Waals surface area contributed by atoms with Gasteiger partial charge in [-0.15, -0.1) is 0 Å². The molecular formula is C13H19FN2O2S2. The van der Waals surface area contributed by atoms with Gasteiger partial charge in [0.1, 0.15) is 5.82 Å². The molecule has 1 aliphatic rings. The van der Waals surface area contributed by atoms with Gasteiger partial charge in [0, 0.05) is 24.4 Å². The van der Waals surface area contributed by atoms with Gasteiger partial charge in [-0.25, -0.2) is 12.8 Å². The number of rotatable bonds is 4. The normalized spacial score (nSPS) is 24.4. The lowest BCUT2D eigenvalue weighted by molar-refractivity contribution is 0.306. The minimum atomic E-state index is -3.54. The van der Waals surface area contributed by atoms with Gasteiger partial charge in [0.25, 0.3) is 0 Å². The monoisotopic (exact) mass is 318 g/mol. The molecule has 0 N–H and O–H groups in total. The predicted octanol–water partition coefficient (Wildman–Crippen LogP) is 1.49. The number of hydrogen-bond acceptors (Lipinski definition) is 4. The maximum atomic E-state index is 12.9. The fraction of sp³-hybridized carbons (Fsp3) is 0.538. The Kier molecular flexibility index (Phi) is 4.73. The highest BCUT2D eigenvalue weighted by Gasteiger charge is 2.39. The van der Waals surface area contributed by atoms with Crippen LogP contribution < -0.4 is 0 Å². The summed E-state index contributed by atoms with van der Waals surface area (Å²) in [5.74, 6) is -0.432. The van der Waals surface area contributed by atoms with Crippen LogP contribution in [0.4, 0.5) is 4.39 Å². The number of benzene rings is 1. The van der Waals surface area contributed by atoms with E-state index in [1.165, 1.54) is 28.6 Å². The SMILES string of the molecule is CS[C@@H]1CN(S(=O)(=O)c2ccc(F)cc2)C[C@H]1N(C)C. The second kappa shape index (κ2) is 6.01. The molecule has 1 heterocycles. The number of likely N-dealkylation sites (N-methyl/N-ethyl adjacent to an activating group) is 1. The molecule has 2 atom stereocenters. The van der Waals surface area contributed by atoms with Gasteiger partial charge in [0.2, 0.25) is 10.0 Å². The fourth-order valence-corrected chi connectivity index (χ4v) is 4.95. The maximum absolute atomic E-state index is 12.9. The molecule has 7 heteroatoms. The Hall–Kier alpha value is -0.630. The van der Waals surface area contributed by atoms with Crippen molar-refractivity contribution < 1.29 is 12.8 Å². The third-order valence-corrected chi connectivity index (χ3v) is 6.54. The van der Waals surface area contributed by atoms with E-state index in [0.29, 0.717) is 13.1 Å². The first-order valence-electron chi connectivity index (χ1n) is 6.31. The zero-order valence-electron chi connectivity index (χ0n) is 11.8. The summed E-state index contributed by atoms with van der Waals surface area (Å²) >= 11 is 1.68. The van der Waals surface area contributed by atoms with Gasteiger partial charge in [0.15, 0.2) is 0 Å². The van der Waals surface area contributed by atoms with Crippen molar-refractivity contribution in [3.63, 3.8) is 0 Å². The molecule has 112 valence electrons. The molecule has 20 heavy (non-hydrogen) atoms. The average Bonchev–Trinajstić information content (AvgIpc) is 2.84. The minimum absolute atomic E-state index is 0.151. The van der Waals surface area contributed by atoms with E-state index in [0.717, 1.165) is 0 Å². The molecule has 1 aliphatic heterocycles. The lowest BCUT2D eigenvalue weighted by Gasteiger charge is -2.23. The quantitative estimate of drug-likeness (QED) is 0.843. The average molecular weight is 318 g/mol. The summed E-state index contributed by atoms with van der Waals surface area (Å²) in [5.41, 5.74) is 0. The summed E-state index contributed by atoms with van der Waals surface area (Å²) in [6.45, 7) is 0.960. The van der Waals surface area contributed by atoms with Crippen molar-refractivity contribution >= 4 is 21.8 Å². The van der Waals surface area contributed by atoms with Crippen LogP contribution in [0.15, 0.2) is 29.2 Å². The third kappa shape index (κ3) is 3.00. The molecule has 0 spiro atoms. The van der Waals surface area contributed by atoms with Crippen LogP contribution in [0.2, 0.25) is 0 Å². The molecule has 1 fully saturated rings. The number of halogens is 1. The van der Waals surface area contributed by atoms with Gasteiger partial charge in [-0.3, -0.25) is 0 Å². The van der Waals surface area contributed by atoms with E-state index in [4.69, 9.17) is 0 Å². The second-order valence-electron chi connectivity index (χ2n) is 5.08. The lowest BCUT2D eigenvalue weighted by atomic mass is 10.2. The van der Waals surface area contributed by atoms with Crippen molar-refractivity contribution in [2.75, 3.05) is 33.4 Å². The molecule has 0 radical (unpaired) electrons. The first-order chi connectivity index (χ1) is 9.36. The molecule has 1 saturated heterocycles. The number of sulfonamides is 1. The van der Waals surface area contributed by atoms with Gasteiger partial charge in [-0.2, -0.15) is 16.1 Å². The van der Waals surface area contributed by atoms with Crippen LogP contribution in [0.5, 0.6) is 0 Å². The van der Waals surface area contributed by atoms with E-state index in [1.807, 2.05) is 20.4 Å². The van der Waals surface area contributed by atoms with E-state index in [-0.39, 0.29) is 16.2 Å². The number of hydrogen-bond donors (Lipinski definition) is 0. The minimum Gasteiger partial charge on any atom is -0.304 e. The van der Waals surface area contributed by atoms with Crippen LogP contribution in [-0.2, 0) is 10.0 Å². The van der Waals surface area contributed by atoms with E-state index in [2.05, 4.69) is 4.90 Å². The zero-order valence-corrected chi connectivity index (χ0v) is 13.4. The highest BCUT2D eigenvalue weighted by atomic mass is 32.2.